The molecule has 0 radical (unpaired) electrons. The number of nitrogens with zero attached hydrogens (tertiary/aromatic N) is 1. The van der Waals surface area contributed by atoms with E-state index in [2.05, 4.69) is 0 Å². The van der Waals surface area contributed by atoms with Gasteiger partial charge in [-0.1, -0.05) is 37.1 Å². The second kappa shape index (κ2) is 5.80. The van der Waals surface area contributed by atoms with E-state index in [1.807, 2.05) is 19.1 Å². The predicted octanol–water partition coefficient (Wildman–Crippen LogP) is 2.41. The molecule has 1 atom stereocenters. The van der Waals surface area contributed by atoms with Crippen LogP contribution in [0.3, 0.4) is 0 Å². The Morgan fingerprint density at radius 2 is 1.91 bits per heavy atom. The van der Waals surface area contributed by atoms with Gasteiger partial charge in [-0.15, -0.1) is 0 Å². The Morgan fingerprint density at radius 3 is 2.52 bits per heavy atom. The lowest BCUT2D eigenvalue weighted by Gasteiger charge is -2.29. The molecule has 5 nitrogen and oxygen atoms in total. The molecular weight excluding hydrogens is 294 g/mol. The molecule has 23 heavy (non-hydrogen) atoms. The summed E-state index contributed by atoms with van der Waals surface area (Å²) in [5.41, 5.74) is 0.265. The van der Waals surface area contributed by atoms with Crippen molar-refractivity contribution in [3.05, 3.63) is 35.4 Å². The zero-order valence-electron chi connectivity index (χ0n) is 13.2. The van der Waals surface area contributed by atoms with E-state index >= 15 is 0 Å². The van der Waals surface area contributed by atoms with Gasteiger partial charge in [-0.25, -0.2) is 0 Å². The normalized spacial score (nSPS) is 25.3. The van der Waals surface area contributed by atoms with Crippen LogP contribution < -0.4 is 0 Å². The van der Waals surface area contributed by atoms with Crippen LogP contribution in [0.2, 0.25) is 0 Å². The molecule has 1 heterocycles. The van der Waals surface area contributed by atoms with E-state index in [0.29, 0.717) is 5.56 Å². The molecule has 0 bridgehead atoms. The van der Waals surface area contributed by atoms with Gasteiger partial charge in [0.05, 0.1) is 11.8 Å². The maximum absolute atomic E-state index is 13.2. The quantitative estimate of drug-likeness (QED) is 0.866. The van der Waals surface area contributed by atoms with Crippen LogP contribution in [0, 0.1) is 6.92 Å². The van der Waals surface area contributed by atoms with Crippen molar-refractivity contribution in [2.75, 3.05) is 0 Å². The topological polar surface area (TPSA) is 74.7 Å². The fraction of sp³-hybridized carbons (Fsp3) is 0.500. The number of imide groups is 1. The molecular formula is C18H21NO4. The van der Waals surface area contributed by atoms with Gasteiger partial charge in [-0.3, -0.25) is 19.3 Å². The minimum absolute atomic E-state index is 0.0422. The highest BCUT2D eigenvalue weighted by Gasteiger charge is 2.56. The molecule has 2 fully saturated rings. The van der Waals surface area contributed by atoms with Crippen LogP contribution in [0.25, 0.3) is 0 Å². The minimum atomic E-state index is -1.25. The highest BCUT2D eigenvalue weighted by atomic mass is 16.4. The number of likely N-dealkylation sites (tertiary alicyclic amines) is 1. The van der Waals surface area contributed by atoms with Gasteiger partial charge >= 0.3 is 5.97 Å². The standard InChI is InChI=1S/C18H21NO4/c1-12-6-2-5-9-14(12)18(11-16(21)22)10-15(20)19(17(18)23)13-7-3-4-8-13/h2,5-6,9,13H,3-4,7-8,10-11H2,1H3,(H,21,22). The number of benzene rings is 1. The number of carbonyl (C=O) groups is 3. The molecule has 1 aromatic carbocycles. The Hall–Kier alpha value is -2.17. The lowest BCUT2D eigenvalue weighted by Crippen LogP contribution is -2.44. The Kier molecular flexibility index (Phi) is 3.96. The zero-order valence-corrected chi connectivity index (χ0v) is 13.2. The van der Waals surface area contributed by atoms with Gasteiger partial charge in [0.15, 0.2) is 0 Å². The number of rotatable bonds is 4. The van der Waals surface area contributed by atoms with Crippen LogP contribution >= 0.6 is 0 Å². The molecule has 1 saturated heterocycles. The maximum atomic E-state index is 13.2. The first kappa shape index (κ1) is 15.7. The maximum Gasteiger partial charge on any atom is 0.304 e. The van der Waals surface area contributed by atoms with E-state index in [0.717, 1.165) is 31.2 Å². The molecule has 1 saturated carbocycles. The van der Waals surface area contributed by atoms with Gasteiger partial charge in [-0.05, 0) is 30.9 Å². The highest BCUT2D eigenvalue weighted by molar-refractivity contribution is 6.10. The molecule has 5 heteroatoms. The summed E-state index contributed by atoms with van der Waals surface area (Å²) in [6.07, 6.45) is 3.30. The van der Waals surface area contributed by atoms with Crippen molar-refractivity contribution in [2.24, 2.45) is 0 Å². The van der Waals surface area contributed by atoms with E-state index in [1.54, 1.807) is 12.1 Å². The number of aryl methyl sites for hydroxylation is 1. The Labute approximate surface area is 135 Å². The Bertz CT molecular complexity index is 663. The van der Waals surface area contributed by atoms with Gasteiger partial charge in [-0.2, -0.15) is 0 Å². The zero-order chi connectivity index (χ0) is 16.6. The van der Waals surface area contributed by atoms with Gasteiger partial charge in [0, 0.05) is 12.5 Å². The van der Waals surface area contributed by atoms with Gasteiger partial charge in [0.2, 0.25) is 11.8 Å². The Morgan fingerprint density at radius 1 is 1.26 bits per heavy atom. The number of aliphatic carboxylic acids is 1. The van der Waals surface area contributed by atoms with Crippen molar-refractivity contribution in [3.8, 4) is 0 Å². The minimum Gasteiger partial charge on any atom is -0.481 e. The molecule has 1 unspecified atom stereocenters. The smallest absolute Gasteiger partial charge is 0.304 e. The van der Waals surface area contributed by atoms with Crippen LogP contribution in [-0.4, -0.2) is 33.8 Å². The summed E-state index contributed by atoms with van der Waals surface area (Å²) in [6.45, 7) is 1.86. The summed E-state index contributed by atoms with van der Waals surface area (Å²) < 4.78 is 0. The number of hydrogen-bond acceptors (Lipinski definition) is 3. The van der Waals surface area contributed by atoms with Crippen LogP contribution in [-0.2, 0) is 19.8 Å². The third-order valence-electron chi connectivity index (χ3n) is 5.15. The molecule has 122 valence electrons. The molecule has 2 aliphatic rings. The predicted molar refractivity (Wildman–Crippen MR) is 83.8 cm³/mol. The van der Waals surface area contributed by atoms with Crippen molar-refractivity contribution < 1.29 is 19.5 Å². The summed E-state index contributed by atoms with van der Waals surface area (Å²) in [5, 5.41) is 9.36. The second-order valence-corrected chi connectivity index (χ2v) is 6.65. The number of hydrogen-bond donors (Lipinski definition) is 1. The van der Waals surface area contributed by atoms with Crippen LogP contribution in [0.1, 0.15) is 49.7 Å². The number of carboxylic acids is 1. The molecule has 0 spiro atoms. The van der Waals surface area contributed by atoms with E-state index in [1.165, 1.54) is 4.90 Å². The van der Waals surface area contributed by atoms with Crippen LogP contribution in [0.4, 0.5) is 0 Å². The molecule has 1 aliphatic carbocycles. The monoisotopic (exact) mass is 315 g/mol. The summed E-state index contributed by atoms with van der Waals surface area (Å²) >= 11 is 0. The largest absolute Gasteiger partial charge is 0.481 e. The third kappa shape index (κ3) is 2.54. The van der Waals surface area contributed by atoms with E-state index in [9.17, 15) is 19.5 Å². The second-order valence-electron chi connectivity index (χ2n) is 6.65. The third-order valence-corrected chi connectivity index (χ3v) is 5.15. The molecule has 1 N–H and O–H groups in total. The molecule has 2 amide bonds. The highest BCUT2D eigenvalue weighted by Crippen LogP contribution is 2.43. The van der Waals surface area contributed by atoms with Gasteiger partial charge < -0.3 is 5.11 Å². The number of carbonyl (C=O) groups excluding carboxylic acids is 2. The van der Waals surface area contributed by atoms with Crippen molar-refractivity contribution in [3.63, 3.8) is 0 Å². The SMILES string of the molecule is Cc1ccccc1C1(CC(=O)O)CC(=O)N(C2CCCC2)C1=O. The first-order chi connectivity index (χ1) is 11.0. The lowest BCUT2D eigenvalue weighted by atomic mass is 9.74. The average Bonchev–Trinajstić information content (AvgIpc) is 3.07. The molecule has 1 aromatic rings. The summed E-state index contributed by atoms with van der Waals surface area (Å²) in [5.74, 6) is -1.61. The van der Waals surface area contributed by atoms with Gasteiger partial charge in [0.25, 0.3) is 0 Å². The number of carboxylic acid groups (broad SMARTS) is 1. The van der Waals surface area contributed by atoms with Crippen LogP contribution in [0.5, 0.6) is 0 Å². The lowest BCUT2D eigenvalue weighted by molar-refractivity contribution is -0.146. The first-order valence-corrected chi connectivity index (χ1v) is 8.10. The first-order valence-electron chi connectivity index (χ1n) is 8.10. The van der Waals surface area contributed by atoms with Crippen molar-refractivity contribution in [2.45, 2.75) is 56.9 Å². The summed E-state index contributed by atoms with van der Waals surface area (Å²) in [4.78, 5) is 38.5. The van der Waals surface area contributed by atoms with Crippen molar-refractivity contribution in [1.82, 2.24) is 4.90 Å². The Balaban J connectivity index is 2.07. The molecule has 1 aliphatic heterocycles. The molecule has 0 aromatic heterocycles. The number of amides is 2. The average molecular weight is 315 g/mol. The van der Waals surface area contributed by atoms with E-state index in [4.69, 9.17) is 0 Å². The summed E-state index contributed by atoms with van der Waals surface area (Å²) in [7, 11) is 0. The fourth-order valence-corrected chi connectivity index (χ4v) is 4.11. The summed E-state index contributed by atoms with van der Waals surface area (Å²) in [6, 6.07) is 7.22. The fourth-order valence-electron chi connectivity index (χ4n) is 4.11. The van der Waals surface area contributed by atoms with Crippen molar-refractivity contribution in [1.29, 1.82) is 0 Å². The van der Waals surface area contributed by atoms with Crippen molar-refractivity contribution >= 4 is 17.8 Å². The molecule has 3 rings (SSSR count). The van der Waals surface area contributed by atoms with E-state index in [-0.39, 0.29) is 30.7 Å². The van der Waals surface area contributed by atoms with Crippen LogP contribution in [0.15, 0.2) is 24.3 Å². The van der Waals surface area contributed by atoms with E-state index < -0.39 is 11.4 Å². The van der Waals surface area contributed by atoms with Gasteiger partial charge in [0.1, 0.15) is 0 Å².